The maximum atomic E-state index is 3.77. The predicted octanol–water partition coefficient (Wildman–Crippen LogP) is 2.78. The van der Waals surface area contributed by atoms with Crippen molar-refractivity contribution >= 4 is 0 Å². The Hall–Kier alpha value is -1.70. The average Bonchev–Trinajstić information content (AvgIpc) is 2.21. The Morgan fingerprint density at radius 3 is 1.64 bits per heavy atom. The quantitative estimate of drug-likeness (QED) is 0.632. The van der Waals surface area contributed by atoms with Crippen molar-refractivity contribution in [1.82, 2.24) is 9.97 Å². The number of aromatic nitrogens is 2. The van der Waals surface area contributed by atoms with Gasteiger partial charge in [-0.3, -0.25) is 0 Å². The van der Waals surface area contributed by atoms with Crippen LogP contribution in [0.3, 0.4) is 0 Å². The summed E-state index contributed by atoms with van der Waals surface area (Å²) >= 11 is 0. The highest BCUT2D eigenvalue weighted by molar-refractivity contribution is 5.11. The standard InChI is InChI=1S/C7H8.C5H6N2/c1-7-5-3-2-4-6-7;1-5-2-6-4-7-3-5/h2-6H,1H3;2-4H,1H3. The number of hydrogen-bond acceptors (Lipinski definition) is 2. The van der Waals surface area contributed by atoms with Gasteiger partial charge in [-0.2, -0.15) is 0 Å². The molecule has 1 aromatic heterocycles. The molecule has 1 aromatic carbocycles. The molecule has 0 saturated heterocycles. The number of nitrogens with zero attached hydrogens (tertiary/aromatic N) is 2. The largest absolute Gasteiger partial charge is 0.245 e. The van der Waals surface area contributed by atoms with E-state index in [1.54, 1.807) is 12.4 Å². The van der Waals surface area contributed by atoms with Gasteiger partial charge in [0.1, 0.15) is 6.33 Å². The zero-order valence-corrected chi connectivity index (χ0v) is 8.51. The molecule has 0 unspecified atom stereocenters. The Morgan fingerprint density at radius 1 is 0.786 bits per heavy atom. The summed E-state index contributed by atoms with van der Waals surface area (Å²) in [5, 5.41) is 0. The van der Waals surface area contributed by atoms with Gasteiger partial charge >= 0.3 is 0 Å². The van der Waals surface area contributed by atoms with Crippen LogP contribution in [0.5, 0.6) is 0 Å². The minimum atomic E-state index is 1.10. The van der Waals surface area contributed by atoms with Crippen molar-refractivity contribution in [2.75, 3.05) is 0 Å². The maximum absolute atomic E-state index is 3.77. The van der Waals surface area contributed by atoms with E-state index in [4.69, 9.17) is 0 Å². The van der Waals surface area contributed by atoms with Crippen LogP contribution in [0.2, 0.25) is 0 Å². The Bertz CT molecular complexity index is 306. The first kappa shape index (κ1) is 10.4. The molecule has 2 heteroatoms. The van der Waals surface area contributed by atoms with Crippen molar-refractivity contribution in [3.63, 3.8) is 0 Å². The van der Waals surface area contributed by atoms with Gasteiger partial charge in [0.05, 0.1) is 0 Å². The normalized spacial score (nSPS) is 8.71. The number of rotatable bonds is 0. The molecule has 0 aliphatic carbocycles. The molecule has 0 aliphatic rings. The molecule has 0 aliphatic heterocycles. The Labute approximate surface area is 84.7 Å². The van der Waals surface area contributed by atoms with E-state index in [0.717, 1.165) is 5.56 Å². The van der Waals surface area contributed by atoms with Crippen LogP contribution in [0.1, 0.15) is 11.1 Å². The topological polar surface area (TPSA) is 25.8 Å². The Morgan fingerprint density at radius 2 is 1.36 bits per heavy atom. The van der Waals surface area contributed by atoms with Crippen LogP contribution in [0.25, 0.3) is 0 Å². The van der Waals surface area contributed by atoms with Gasteiger partial charge in [0.25, 0.3) is 0 Å². The van der Waals surface area contributed by atoms with Gasteiger partial charge < -0.3 is 0 Å². The monoisotopic (exact) mass is 186 g/mol. The third-order valence-corrected chi connectivity index (χ3v) is 1.63. The summed E-state index contributed by atoms with van der Waals surface area (Å²) < 4.78 is 0. The molecule has 2 aromatic rings. The summed E-state index contributed by atoms with van der Waals surface area (Å²) in [7, 11) is 0. The van der Waals surface area contributed by atoms with E-state index in [0.29, 0.717) is 0 Å². The van der Waals surface area contributed by atoms with E-state index in [1.807, 2.05) is 25.1 Å². The number of hydrogen-bond donors (Lipinski definition) is 0. The van der Waals surface area contributed by atoms with Crippen LogP contribution in [0, 0.1) is 13.8 Å². The molecule has 0 bridgehead atoms. The molecule has 1 heterocycles. The van der Waals surface area contributed by atoms with E-state index in [9.17, 15) is 0 Å². The molecule has 0 N–H and O–H groups in total. The lowest BCUT2D eigenvalue weighted by Crippen LogP contribution is -1.75. The first-order valence-corrected chi connectivity index (χ1v) is 4.52. The van der Waals surface area contributed by atoms with Crippen molar-refractivity contribution in [1.29, 1.82) is 0 Å². The van der Waals surface area contributed by atoms with E-state index >= 15 is 0 Å². The lowest BCUT2D eigenvalue weighted by atomic mass is 10.2. The van der Waals surface area contributed by atoms with Gasteiger partial charge in [-0.05, 0) is 19.4 Å². The smallest absolute Gasteiger partial charge is 0.115 e. The van der Waals surface area contributed by atoms with E-state index < -0.39 is 0 Å². The fourth-order valence-electron chi connectivity index (χ4n) is 0.908. The predicted molar refractivity (Wildman–Crippen MR) is 57.9 cm³/mol. The SMILES string of the molecule is Cc1ccccc1.Cc1cncnc1. The maximum Gasteiger partial charge on any atom is 0.115 e. The second kappa shape index (κ2) is 5.86. The molecular weight excluding hydrogens is 172 g/mol. The van der Waals surface area contributed by atoms with Crippen LogP contribution in [-0.4, -0.2) is 9.97 Å². The van der Waals surface area contributed by atoms with Gasteiger partial charge in [-0.25, -0.2) is 9.97 Å². The molecule has 0 atom stereocenters. The Kier molecular flexibility index (Phi) is 4.35. The highest BCUT2D eigenvalue weighted by atomic mass is 14.8. The lowest BCUT2D eigenvalue weighted by Gasteiger charge is -1.82. The zero-order valence-electron chi connectivity index (χ0n) is 8.51. The molecule has 72 valence electrons. The highest BCUT2D eigenvalue weighted by Crippen LogP contribution is 1.92. The third kappa shape index (κ3) is 4.36. The molecule has 0 fully saturated rings. The van der Waals surface area contributed by atoms with Gasteiger partial charge in [0, 0.05) is 12.4 Å². The first-order valence-electron chi connectivity index (χ1n) is 4.52. The summed E-state index contributed by atoms with van der Waals surface area (Å²) in [6.07, 6.45) is 5.06. The molecule has 2 nitrogen and oxygen atoms in total. The molecule has 14 heavy (non-hydrogen) atoms. The summed E-state index contributed by atoms with van der Waals surface area (Å²) in [5.41, 5.74) is 2.42. The summed E-state index contributed by atoms with van der Waals surface area (Å²) in [4.78, 5) is 7.55. The van der Waals surface area contributed by atoms with Crippen molar-refractivity contribution in [2.24, 2.45) is 0 Å². The minimum absolute atomic E-state index is 1.10. The van der Waals surface area contributed by atoms with Gasteiger partial charge in [0.2, 0.25) is 0 Å². The van der Waals surface area contributed by atoms with Crippen LogP contribution >= 0.6 is 0 Å². The summed E-state index contributed by atoms with van der Waals surface area (Å²) in [5.74, 6) is 0. The molecule has 0 amide bonds. The third-order valence-electron chi connectivity index (χ3n) is 1.63. The van der Waals surface area contributed by atoms with E-state index in [-0.39, 0.29) is 0 Å². The highest BCUT2D eigenvalue weighted by Gasteiger charge is 1.74. The fourth-order valence-corrected chi connectivity index (χ4v) is 0.908. The second-order valence-corrected chi connectivity index (χ2v) is 3.07. The zero-order chi connectivity index (χ0) is 10.2. The van der Waals surface area contributed by atoms with Crippen LogP contribution in [-0.2, 0) is 0 Å². The van der Waals surface area contributed by atoms with Crippen molar-refractivity contribution in [3.8, 4) is 0 Å². The van der Waals surface area contributed by atoms with Crippen molar-refractivity contribution in [2.45, 2.75) is 13.8 Å². The number of benzene rings is 1. The summed E-state index contributed by atoms with van der Waals surface area (Å²) in [6, 6.07) is 10.3. The van der Waals surface area contributed by atoms with Crippen molar-refractivity contribution < 1.29 is 0 Å². The lowest BCUT2D eigenvalue weighted by molar-refractivity contribution is 1.13. The fraction of sp³-hybridized carbons (Fsp3) is 0.167. The molecule has 0 radical (unpaired) electrons. The summed E-state index contributed by atoms with van der Waals surface area (Å²) in [6.45, 7) is 4.04. The second-order valence-electron chi connectivity index (χ2n) is 3.07. The molecular formula is C12H14N2. The van der Waals surface area contributed by atoms with Crippen molar-refractivity contribution in [3.05, 3.63) is 60.2 Å². The molecule has 0 spiro atoms. The van der Waals surface area contributed by atoms with Crippen LogP contribution in [0.4, 0.5) is 0 Å². The molecule has 2 rings (SSSR count). The van der Waals surface area contributed by atoms with E-state index in [2.05, 4.69) is 29.0 Å². The molecule has 0 saturated carbocycles. The average molecular weight is 186 g/mol. The van der Waals surface area contributed by atoms with Gasteiger partial charge in [-0.1, -0.05) is 35.9 Å². The first-order chi connectivity index (χ1) is 6.79. The van der Waals surface area contributed by atoms with Crippen LogP contribution < -0.4 is 0 Å². The van der Waals surface area contributed by atoms with Crippen LogP contribution in [0.15, 0.2) is 49.1 Å². The van der Waals surface area contributed by atoms with E-state index in [1.165, 1.54) is 11.9 Å². The van der Waals surface area contributed by atoms with Gasteiger partial charge in [0.15, 0.2) is 0 Å². The number of aryl methyl sites for hydroxylation is 2. The van der Waals surface area contributed by atoms with Gasteiger partial charge in [-0.15, -0.1) is 0 Å². The minimum Gasteiger partial charge on any atom is -0.245 e. The Balaban J connectivity index is 0.000000140.